The van der Waals surface area contributed by atoms with Gasteiger partial charge in [-0.2, -0.15) is 0 Å². The van der Waals surface area contributed by atoms with Gasteiger partial charge in [0.15, 0.2) is 0 Å². The van der Waals surface area contributed by atoms with Crippen molar-refractivity contribution in [1.82, 2.24) is 4.90 Å². The van der Waals surface area contributed by atoms with Gasteiger partial charge < -0.3 is 14.4 Å². The summed E-state index contributed by atoms with van der Waals surface area (Å²) in [6.45, 7) is -0.105. The predicted molar refractivity (Wildman–Crippen MR) is 111 cm³/mol. The van der Waals surface area contributed by atoms with Crippen molar-refractivity contribution in [2.24, 2.45) is 0 Å². The summed E-state index contributed by atoms with van der Waals surface area (Å²) >= 11 is 5.90. The minimum Gasteiger partial charge on any atom is -0.507 e. The second kappa shape index (κ2) is 8.08. The number of nitrogens with zero attached hydrogens (tertiary/aromatic N) is 2. The number of rotatable bonds is 5. The third kappa shape index (κ3) is 3.69. The lowest BCUT2D eigenvalue weighted by Gasteiger charge is -2.24. The van der Waals surface area contributed by atoms with Crippen LogP contribution in [0, 0.1) is 10.1 Å². The van der Waals surface area contributed by atoms with Crippen molar-refractivity contribution in [3.05, 3.63) is 105 Å². The number of carbonyl (C=O) groups excluding carboxylic acids is 2. The summed E-state index contributed by atoms with van der Waals surface area (Å²) < 4.78 is 5.30. The molecule has 0 bridgehead atoms. The van der Waals surface area contributed by atoms with E-state index < -0.39 is 28.4 Å². The van der Waals surface area contributed by atoms with Gasteiger partial charge in [0.1, 0.15) is 11.5 Å². The van der Waals surface area contributed by atoms with Gasteiger partial charge in [0.05, 0.1) is 34.9 Å². The van der Waals surface area contributed by atoms with E-state index in [0.29, 0.717) is 10.8 Å². The summed E-state index contributed by atoms with van der Waals surface area (Å²) in [7, 11) is 0. The number of halogens is 1. The smallest absolute Gasteiger partial charge is 0.296 e. The first-order chi connectivity index (χ1) is 14.9. The van der Waals surface area contributed by atoms with Crippen molar-refractivity contribution in [2.75, 3.05) is 0 Å². The van der Waals surface area contributed by atoms with Crippen LogP contribution in [-0.4, -0.2) is 26.6 Å². The molecule has 0 radical (unpaired) electrons. The number of aliphatic hydroxyl groups is 1. The van der Waals surface area contributed by atoms with Crippen molar-refractivity contribution >= 4 is 34.7 Å². The molecule has 1 saturated heterocycles. The Hall–Kier alpha value is -3.91. The van der Waals surface area contributed by atoms with E-state index in [0.717, 1.165) is 4.90 Å². The fraction of sp³-hybridized carbons (Fsp3) is 0.0909. The van der Waals surface area contributed by atoms with Gasteiger partial charge in [-0.25, -0.2) is 0 Å². The van der Waals surface area contributed by atoms with Crippen molar-refractivity contribution in [2.45, 2.75) is 12.6 Å². The number of amides is 1. The highest BCUT2D eigenvalue weighted by atomic mass is 35.5. The van der Waals surface area contributed by atoms with Crippen molar-refractivity contribution in [1.29, 1.82) is 0 Å². The average Bonchev–Trinajstić information content (AvgIpc) is 3.36. The number of nitro benzene ring substituents is 1. The molecule has 8 nitrogen and oxygen atoms in total. The fourth-order valence-corrected chi connectivity index (χ4v) is 3.71. The first-order valence-electron chi connectivity index (χ1n) is 9.18. The molecule has 1 atom stereocenters. The summed E-state index contributed by atoms with van der Waals surface area (Å²) in [5, 5.41) is 23.0. The van der Waals surface area contributed by atoms with E-state index in [1.54, 1.807) is 18.2 Å². The lowest BCUT2D eigenvalue weighted by atomic mass is 9.94. The third-order valence-electron chi connectivity index (χ3n) is 4.99. The largest absolute Gasteiger partial charge is 0.507 e. The molecule has 2 aromatic carbocycles. The van der Waals surface area contributed by atoms with Gasteiger partial charge in [0, 0.05) is 16.7 Å². The molecule has 4 rings (SSSR count). The van der Waals surface area contributed by atoms with Gasteiger partial charge in [-0.1, -0.05) is 23.7 Å². The van der Waals surface area contributed by atoms with E-state index in [-0.39, 0.29) is 28.9 Å². The highest BCUT2D eigenvalue weighted by molar-refractivity contribution is 6.46. The quantitative estimate of drug-likeness (QED) is 0.207. The fourth-order valence-electron chi connectivity index (χ4n) is 3.59. The maximum Gasteiger partial charge on any atom is 0.296 e. The molecule has 0 aliphatic carbocycles. The van der Waals surface area contributed by atoms with Crippen LogP contribution in [-0.2, 0) is 16.1 Å². The van der Waals surface area contributed by atoms with Crippen LogP contribution in [0.25, 0.3) is 5.76 Å². The molecule has 1 N–H and O–H groups in total. The minimum absolute atomic E-state index is 0.105. The number of nitro groups is 1. The Morgan fingerprint density at radius 1 is 1.10 bits per heavy atom. The zero-order valence-electron chi connectivity index (χ0n) is 15.9. The van der Waals surface area contributed by atoms with Crippen molar-refractivity contribution < 1.29 is 24.0 Å². The number of carbonyl (C=O) groups is 2. The molecule has 0 unspecified atom stereocenters. The van der Waals surface area contributed by atoms with E-state index >= 15 is 0 Å². The molecule has 156 valence electrons. The zero-order valence-corrected chi connectivity index (χ0v) is 16.7. The highest BCUT2D eigenvalue weighted by Crippen LogP contribution is 2.43. The third-order valence-corrected chi connectivity index (χ3v) is 5.24. The monoisotopic (exact) mass is 438 g/mol. The Morgan fingerprint density at radius 2 is 1.81 bits per heavy atom. The van der Waals surface area contributed by atoms with Crippen molar-refractivity contribution in [3.63, 3.8) is 0 Å². The second-order valence-corrected chi connectivity index (χ2v) is 7.27. The molecule has 1 fully saturated rings. The summed E-state index contributed by atoms with van der Waals surface area (Å²) in [6, 6.07) is 13.9. The van der Waals surface area contributed by atoms with Gasteiger partial charge >= 0.3 is 0 Å². The zero-order chi connectivity index (χ0) is 22.1. The van der Waals surface area contributed by atoms with Crippen LogP contribution in [0.1, 0.15) is 22.9 Å². The molecule has 0 spiro atoms. The maximum absolute atomic E-state index is 13.0. The number of hydrogen-bond acceptors (Lipinski definition) is 6. The van der Waals surface area contributed by atoms with E-state index in [4.69, 9.17) is 16.0 Å². The van der Waals surface area contributed by atoms with Gasteiger partial charge in [0.2, 0.25) is 0 Å². The lowest BCUT2D eigenvalue weighted by Crippen LogP contribution is -2.29. The van der Waals surface area contributed by atoms with Crippen LogP contribution >= 0.6 is 11.6 Å². The summed E-state index contributed by atoms with van der Waals surface area (Å²) in [5.41, 5.74) is -0.160. The molecule has 2 heterocycles. The van der Waals surface area contributed by atoms with Crippen molar-refractivity contribution in [3.8, 4) is 0 Å². The average molecular weight is 439 g/mol. The molecule has 1 aliphatic rings. The Balaban J connectivity index is 1.93. The van der Waals surface area contributed by atoms with Gasteiger partial charge in [-0.05, 0) is 42.5 Å². The van der Waals surface area contributed by atoms with Crippen LogP contribution < -0.4 is 0 Å². The SMILES string of the molecule is O=C1C(=O)N(Cc2ccco2)[C@H](c2ccccc2[N+](=O)[O-])C1=C(O)c1ccc(Cl)cc1. The predicted octanol–water partition coefficient (Wildman–Crippen LogP) is 4.46. The first-order valence-corrected chi connectivity index (χ1v) is 9.56. The standard InChI is InChI=1S/C22H15ClN2O6/c23-14-9-7-13(8-10-14)20(26)18-19(16-5-1-2-6-17(16)25(29)30)24(22(28)21(18)27)12-15-4-3-11-31-15/h1-11,19,26H,12H2/t19-/m1/s1. The molecule has 9 heteroatoms. The molecule has 31 heavy (non-hydrogen) atoms. The number of hydrogen-bond donors (Lipinski definition) is 1. The van der Waals surface area contributed by atoms with Crippen LogP contribution in [0.4, 0.5) is 5.69 Å². The van der Waals surface area contributed by atoms with Crippen LogP contribution in [0.15, 0.2) is 76.9 Å². The minimum atomic E-state index is -1.18. The summed E-state index contributed by atoms with van der Waals surface area (Å²) in [5.74, 6) is -1.89. The Kier molecular flexibility index (Phi) is 5.31. The number of benzene rings is 2. The maximum atomic E-state index is 13.0. The van der Waals surface area contributed by atoms with E-state index in [2.05, 4.69) is 0 Å². The van der Waals surface area contributed by atoms with Gasteiger partial charge in [-0.3, -0.25) is 19.7 Å². The first kappa shape index (κ1) is 20.4. The number of ketones is 1. The molecule has 1 aromatic heterocycles. The number of aliphatic hydroxyl groups excluding tert-OH is 1. The second-order valence-electron chi connectivity index (χ2n) is 6.83. The van der Waals surface area contributed by atoms with E-state index in [9.17, 15) is 24.8 Å². The number of Topliss-reactive ketones (excluding diaryl/α,β-unsaturated/α-hetero) is 1. The lowest BCUT2D eigenvalue weighted by molar-refractivity contribution is -0.385. The topological polar surface area (TPSA) is 114 Å². The number of likely N-dealkylation sites (tertiary alicyclic amines) is 1. The van der Waals surface area contributed by atoms with Crippen LogP contribution in [0.5, 0.6) is 0 Å². The van der Waals surface area contributed by atoms with Crippen LogP contribution in [0.2, 0.25) is 5.02 Å². The summed E-state index contributed by atoms with van der Waals surface area (Å²) in [4.78, 5) is 38.1. The molecule has 1 aliphatic heterocycles. The number of para-hydroxylation sites is 1. The van der Waals surface area contributed by atoms with Gasteiger partial charge in [0.25, 0.3) is 17.4 Å². The molecule has 0 saturated carbocycles. The normalized spacial score (nSPS) is 17.8. The Morgan fingerprint density at radius 3 is 2.45 bits per heavy atom. The summed E-state index contributed by atoms with van der Waals surface area (Å²) in [6.07, 6.45) is 1.42. The number of furan rings is 1. The molecular weight excluding hydrogens is 424 g/mol. The van der Waals surface area contributed by atoms with E-state index in [1.165, 1.54) is 48.7 Å². The molecule has 3 aromatic rings. The highest BCUT2D eigenvalue weighted by Gasteiger charge is 2.48. The van der Waals surface area contributed by atoms with Crippen LogP contribution in [0.3, 0.4) is 0 Å². The molecule has 1 amide bonds. The Bertz CT molecular complexity index is 1200. The Labute approximate surface area is 181 Å². The van der Waals surface area contributed by atoms with E-state index in [1.807, 2.05) is 0 Å². The molecular formula is C22H15ClN2O6. The van der Waals surface area contributed by atoms with Gasteiger partial charge in [-0.15, -0.1) is 0 Å².